The number of carbonyl (C=O) groups excluding carboxylic acids is 1. The van der Waals surface area contributed by atoms with Crippen LogP contribution in [0.25, 0.3) is 0 Å². The summed E-state index contributed by atoms with van der Waals surface area (Å²) in [6, 6.07) is -1.51. The molecule has 1 heterocycles. The van der Waals surface area contributed by atoms with Gasteiger partial charge in [0.25, 0.3) is 5.91 Å². The number of hydroxylamine groups is 1. The first kappa shape index (κ1) is 16.3. The van der Waals surface area contributed by atoms with E-state index in [9.17, 15) is 14.7 Å². The number of rotatable bonds is 5. The highest BCUT2D eigenvalue weighted by Crippen LogP contribution is 2.22. The Morgan fingerprint density at radius 3 is 2.40 bits per heavy atom. The second-order valence-corrected chi connectivity index (χ2v) is 5.23. The third-order valence-electron chi connectivity index (χ3n) is 2.13. The summed E-state index contributed by atoms with van der Waals surface area (Å²) < 4.78 is 6.19. The average Bonchev–Trinajstić information content (AvgIpc) is 2.73. The lowest BCUT2D eigenvalue weighted by Gasteiger charge is -2.29. The van der Waals surface area contributed by atoms with Crippen LogP contribution in [0.3, 0.4) is 0 Å². The molecule has 0 radical (unpaired) electrons. The fraction of sp³-hybridized carbons (Fsp3) is 0.667. The Hall–Kier alpha value is -1.72. The largest absolute Gasteiger partial charge is 0.479 e. The minimum atomic E-state index is -1.61. The standard InChI is InChI=1S/C9H15N5O5S/c1-9(2,3)19-5(7(16)17)4(6(15)11-18)14-8(20)10-12-13-14/h4-5,18H,1-3H3,(H,11,15)(H,16,17)(H,10,13,20). The van der Waals surface area contributed by atoms with E-state index >= 15 is 0 Å². The zero-order chi connectivity index (χ0) is 15.5. The fourth-order valence-electron chi connectivity index (χ4n) is 1.44. The molecule has 1 amide bonds. The molecule has 0 bridgehead atoms. The van der Waals surface area contributed by atoms with Crippen molar-refractivity contribution < 1.29 is 24.6 Å². The van der Waals surface area contributed by atoms with Gasteiger partial charge in [-0.2, -0.15) is 0 Å². The molecule has 0 aromatic carbocycles. The summed E-state index contributed by atoms with van der Waals surface area (Å²) in [5, 5.41) is 28.1. The minimum Gasteiger partial charge on any atom is -0.479 e. The van der Waals surface area contributed by atoms with Crippen molar-refractivity contribution >= 4 is 24.5 Å². The Balaban J connectivity index is 3.23. The molecule has 0 aliphatic rings. The second kappa shape index (κ2) is 6.15. The van der Waals surface area contributed by atoms with Crippen LogP contribution >= 0.6 is 12.6 Å². The first-order valence-corrected chi connectivity index (χ1v) is 5.93. The van der Waals surface area contributed by atoms with E-state index in [2.05, 4.69) is 28.2 Å². The predicted molar refractivity (Wildman–Crippen MR) is 66.3 cm³/mol. The van der Waals surface area contributed by atoms with Crippen molar-refractivity contribution in [2.24, 2.45) is 0 Å². The number of aromatic nitrogens is 4. The third-order valence-corrected chi connectivity index (χ3v) is 2.42. The van der Waals surface area contributed by atoms with Crippen LogP contribution in [0.1, 0.15) is 26.8 Å². The number of tetrazole rings is 1. The van der Waals surface area contributed by atoms with Crippen molar-refractivity contribution in [1.29, 1.82) is 0 Å². The molecule has 0 spiro atoms. The molecule has 2 atom stereocenters. The van der Waals surface area contributed by atoms with E-state index in [1.165, 1.54) is 5.48 Å². The molecular weight excluding hydrogens is 290 g/mol. The van der Waals surface area contributed by atoms with Gasteiger partial charge in [0.2, 0.25) is 5.16 Å². The number of amides is 1. The number of hydrogen-bond acceptors (Lipinski definition) is 8. The summed E-state index contributed by atoms with van der Waals surface area (Å²) in [7, 11) is 0. The van der Waals surface area contributed by atoms with Crippen LogP contribution in [0.5, 0.6) is 0 Å². The number of hydrogen-bond donors (Lipinski definition) is 4. The van der Waals surface area contributed by atoms with Crippen LogP contribution < -0.4 is 5.48 Å². The van der Waals surface area contributed by atoms with Gasteiger partial charge >= 0.3 is 5.97 Å². The predicted octanol–water partition coefficient (Wildman–Crippen LogP) is -0.723. The van der Waals surface area contributed by atoms with Crippen molar-refractivity contribution in [2.75, 3.05) is 0 Å². The molecule has 0 aliphatic heterocycles. The van der Waals surface area contributed by atoms with E-state index in [4.69, 9.17) is 9.94 Å². The lowest BCUT2D eigenvalue weighted by Crippen LogP contribution is -2.46. The van der Waals surface area contributed by atoms with Crippen molar-refractivity contribution in [3.63, 3.8) is 0 Å². The van der Waals surface area contributed by atoms with Gasteiger partial charge < -0.3 is 9.84 Å². The molecule has 10 nitrogen and oxygen atoms in total. The van der Waals surface area contributed by atoms with Gasteiger partial charge in [-0.1, -0.05) is 0 Å². The Kier molecular flexibility index (Phi) is 5.03. The van der Waals surface area contributed by atoms with Crippen LogP contribution in [0.4, 0.5) is 0 Å². The summed E-state index contributed by atoms with van der Waals surface area (Å²) in [6.07, 6.45) is -1.61. The molecule has 0 aliphatic carbocycles. The highest BCUT2D eigenvalue weighted by atomic mass is 32.1. The fourth-order valence-corrected chi connectivity index (χ4v) is 1.65. The Labute approximate surface area is 119 Å². The molecule has 0 fully saturated rings. The summed E-state index contributed by atoms with van der Waals surface area (Å²) in [4.78, 5) is 23.1. The van der Waals surface area contributed by atoms with E-state index in [-0.39, 0.29) is 5.16 Å². The van der Waals surface area contributed by atoms with E-state index in [1.54, 1.807) is 20.8 Å². The van der Waals surface area contributed by atoms with Gasteiger partial charge in [0.15, 0.2) is 12.1 Å². The Morgan fingerprint density at radius 1 is 1.45 bits per heavy atom. The Bertz CT molecular complexity index is 499. The minimum absolute atomic E-state index is 0.0950. The molecule has 2 unspecified atom stereocenters. The Morgan fingerprint density at radius 2 is 2.05 bits per heavy atom. The second-order valence-electron chi connectivity index (χ2n) is 4.83. The van der Waals surface area contributed by atoms with Crippen molar-refractivity contribution in [3.05, 3.63) is 0 Å². The summed E-state index contributed by atoms with van der Waals surface area (Å²) in [5.41, 5.74) is 0.524. The molecule has 3 N–H and O–H groups in total. The molecule has 112 valence electrons. The normalized spacial score (nSPS) is 14.7. The van der Waals surface area contributed by atoms with Crippen LogP contribution in [0.15, 0.2) is 5.16 Å². The van der Waals surface area contributed by atoms with Crippen LogP contribution in [-0.4, -0.2) is 54.1 Å². The SMILES string of the molecule is CC(C)(C)OC(C(=O)O)C(C(=O)NO)n1nnnc1S. The van der Waals surface area contributed by atoms with E-state index < -0.39 is 29.6 Å². The van der Waals surface area contributed by atoms with Crippen molar-refractivity contribution in [2.45, 2.75) is 43.7 Å². The highest BCUT2D eigenvalue weighted by Gasteiger charge is 2.40. The van der Waals surface area contributed by atoms with Crippen molar-refractivity contribution in [1.82, 2.24) is 25.7 Å². The monoisotopic (exact) mass is 305 g/mol. The van der Waals surface area contributed by atoms with Gasteiger partial charge in [-0.05, 0) is 31.2 Å². The third kappa shape index (κ3) is 3.88. The van der Waals surface area contributed by atoms with E-state index in [0.29, 0.717) is 0 Å². The van der Waals surface area contributed by atoms with E-state index in [0.717, 1.165) is 4.68 Å². The number of nitrogens with zero attached hydrogens (tertiary/aromatic N) is 4. The maximum Gasteiger partial charge on any atom is 0.335 e. The van der Waals surface area contributed by atoms with Crippen LogP contribution in [-0.2, 0) is 14.3 Å². The maximum atomic E-state index is 11.7. The molecule has 11 heteroatoms. The van der Waals surface area contributed by atoms with Crippen molar-refractivity contribution in [3.8, 4) is 0 Å². The quantitative estimate of drug-likeness (QED) is 0.317. The number of carbonyl (C=O) groups is 2. The molecule has 0 saturated heterocycles. The van der Waals surface area contributed by atoms with Gasteiger partial charge in [-0.15, -0.1) is 17.7 Å². The van der Waals surface area contributed by atoms with Gasteiger partial charge in [-0.3, -0.25) is 10.0 Å². The smallest absolute Gasteiger partial charge is 0.335 e. The van der Waals surface area contributed by atoms with Crippen LogP contribution in [0.2, 0.25) is 0 Å². The molecule has 1 aromatic rings. The van der Waals surface area contributed by atoms with Gasteiger partial charge in [0, 0.05) is 0 Å². The number of nitrogens with one attached hydrogen (secondary N) is 1. The first-order chi connectivity index (χ1) is 9.17. The first-order valence-electron chi connectivity index (χ1n) is 5.48. The summed E-state index contributed by atoms with van der Waals surface area (Å²) >= 11 is 3.91. The molecule has 20 heavy (non-hydrogen) atoms. The van der Waals surface area contributed by atoms with Gasteiger partial charge in [0.05, 0.1) is 5.60 Å². The number of aliphatic carboxylic acids is 1. The maximum absolute atomic E-state index is 11.7. The highest BCUT2D eigenvalue weighted by molar-refractivity contribution is 7.80. The molecule has 1 rings (SSSR count). The van der Waals surface area contributed by atoms with Gasteiger partial charge in [-0.25, -0.2) is 15.0 Å². The summed E-state index contributed by atoms with van der Waals surface area (Å²) in [5.74, 6) is -2.44. The zero-order valence-electron chi connectivity index (χ0n) is 11.0. The lowest BCUT2D eigenvalue weighted by molar-refractivity contribution is -0.171. The number of ether oxygens (including phenoxy) is 1. The molecule has 0 saturated carbocycles. The van der Waals surface area contributed by atoms with E-state index in [1.807, 2.05) is 0 Å². The van der Waals surface area contributed by atoms with Gasteiger partial charge in [0.1, 0.15) is 0 Å². The average molecular weight is 305 g/mol. The number of thiol groups is 1. The molecular formula is C9H15N5O5S. The topological polar surface area (TPSA) is 139 Å². The zero-order valence-corrected chi connectivity index (χ0v) is 11.9. The lowest BCUT2D eigenvalue weighted by atomic mass is 10.1. The molecule has 1 aromatic heterocycles. The van der Waals surface area contributed by atoms with Crippen LogP contribution in [0, 0.1) is 0 Å². The summed E-state index contributed by atoms with van der Waals surface area (Å²) in [6.45, 7) is 4.87. The number of carboxylic acid groups (broad SMARTS) is 1. The number of carboxylic acids is 1.